The Labute approximate surface area is 160 Å². The highest BCUT2D eigenvalue weighted by atomic mass is 16.7. The summed E-state index contributed by atoms with van der Waals surface area (Å²) in [7, 11) is 0. The van der Waals surface area contributed by atoms with Gasteiger partial charge in [-0.3, -0.25) is 0 Å². The topological polar surface area (TPSA) is 140 Å². The summed E-state index contributed by atoms with van der Waals surface area (Å²) in [5, 5.41) is 57.8. The molecule has 0 spiro atoms. The Bertz CT molecular complexity index is 888. The minimum absolute atomic E-state index is 0.102. The summed E-state index contributed by atoms with van der Waals surface area (Å²) in [5.74, 6) is -1.22. The Morgan fingerprint density at radius 1 is 0.857 bits per heavy atom. The van der Waals surface area contributed by atoms with Crippen LogP contribution in [0.3, 0.4) is 0 Å². The number of hydrogen-bond donors (Lipinski definition) is 6. The SMILES string of the molecule is OCC1O[C@@H](Oc2cc(O)cc(/C=C/c3ccc(O)cc3)c2)C(O)C(O)=C1O. The van der Waals surface area contributed by atoms with Crippen LogP contribution in [0.15, 0.2) is 54.0 Å². The van der Waals surface area contributed by atoms with Crippen LogP contribution in [0.4, 0.5) is 0 Å². The fourth-order valence-corrected chi connectivity index (χ4v) is 2.65. The molecular formula is C20H20O8. The van der Waals surface area contributed by atoms with Crippen LogP contribution >= 0.6 is 0 Å². The highest BCUT2D eigenvalue weighted by Gasteiger charge is 2.38. The maximum absolute atomic E-state index is 10.00. The molecule has 0 aliphatic carbocycles. The van der Waals surface area contributed by atoms with E-state index in [-0.39, 0.29) is 17.2 Å². The third kappa shape index (κ3) is 4.37. The number of benzene rings is 2. The Hall–Kier alpha value is -3.20. The molecule has 0 bridgehead atoms. The Kier molecular flexibility index (Phi) is 5.74. The van der Waals surface area contributed by atoms with Gasteiger partial charge >= 0.3 is 0 Å². The van der Waals surface area contributed by atoms with Gasteiger partial charge in [0.05, 0.1) is 6.61 Å². The van der Waals surface area contributed by atoms with Gasteiger partial charge in [0.2, 0.25) is 6.29 Å². The average Bonchev–Trinajstić information content (AvgIpc) is 2.67. The summed E-state index contributed by atoms with van der Waals surface area (Å²) in [4.78, 5) is 0. The van der Waals surface area contributed by atoms with E-state index in [0.29, 0.717) is 5.56 Å². The summed E-state index contributed by atoms with van der Waals surface area (Å²) in [6, 6.07) is 10.9. The van der Waals surface area contributed by atoms with E-state index >= 15 is 0 Å². The maximum Gasteiger partial charge on any atom is 0.234 e. The number of aliphatic hydroxyl groups excluding tert-OH is 4. The van der Waals surface area contributed by atoms with Gasteiger partial charge in [-0.25, -0.2) is 0 Å². The molecule has 8 nitrogen and oxygen atoms in total. The van der Waals surface area contributed by atoms with Gasteiger partial charge in [-0.05, 0) is 35.4 Å². The first kappa shape index (κ1) is 19.6. The lowest BCUT2D eigenvalue weighted by atomic mass is 10.1. The van der Waals surface area contributed by atoms with Crippen LogP contribution in [0.2, 0.25) is 0 Å². The van der Waals surface area contributed by atoms with Gasteiger partial charge in [-0.1, -0.05) is 24.3 Å². The second kappa shape index (κ2) is 8.22. The number of hydrogen-bond acceptors (Lipinski definition) is 8. The molecule has 1 aliphatic heterocycles. The van der Waals surface area contributed by atoms with Crippen molar-refractivity contribution in [3.63, 3.8) is 0 Å². The van der Waals surface area contributed by atoms with Crippen molar-refractivity contribution in [3.8, 4) is 17.2 Å². The molecule has 8 heteroatoms. The Morgan fingerprint density at radius 3 is 2.21 bits per heavy atom. The first-order chi connectivity index (χ1) is 13.4. The summed E-state index contributed by atoms with van der Waals surface area (Å²) in [6.07, 6.45) is -0.834. The smallest absolute Gasteiger partial charge is 0.234 e. The lowest BCUT2D eigenvalue weighted by molar-refractivity contribution is -0.192. The first-order valence-electron chi connectivity index (χ1n) is 8.41. The zero-order valence-electron chi connectivity index (χ0n) is 14.6. The van der Waals surface area contributed by atoms with Crippen LogP contribution in [-0.2, 0) is 4.74 Å². The average molecular weight is 388 g/mol. The zero-order chi connectivity index (χ0) is 20.3. The monoisotopic (exact) mass is 388 g/mol. The number of ether oxygens (including phenoxy) is 2. The summed E-state index contributed by atoms with van der Waals surface area (Å²) in [5.41, 5.74) is 1.40. The quantitative estimate of drug-likeness (QED) is 0.428. The fourth-order valence-electron chi connectivity index (χ4n) is 2.65. The van der Waals surface area contributed by atoms with Gasteiger partial charge in [0.1, 0.15) is 23.4 Å². The molecule has 0 radical (unpaired) electrons. The van der Waals surface area contributed by atoms with E-state index < -0.39 is 36.6 Å². The predicted molar refractivity (Wildman–Crippen MR) is 99.8 cm³/mol. The minimum Gasteiger partial charge on any atom is -0.508 e. The molecule has 1 heterocycles. The van der Waals surface area contributed by atoms with Gasteiger partial charge < -0.3 is 40.1 Å². The predicted octanol–water partition coefficient (Wildman–Crippen LogP) is 2.05. The number of phenols is 2. The molecule has 0 saturated carbocycles. The van der Waals surface area contributed by atoms with Crippen molar-refractivity contribution in [1.29, 1.82) is 0 Å². The third-order valence-electron chi connectivity index (χ3n) is 4.10. The standard InChI is InChI=1S/C20H20O8/c21-10-16-17(24)18(25)19(26)20(28-16)27-15-8-12(7-14(23)9-15)2-1-11-3-5-13(22)6-4-11/h1-9,16,19-26H,10H2/b2-1+/t16?,19?,20-/m1/s1. The van der Waals surface area contributed by atoms with Crippen LogP contribution in [0.5, 0.6) is 17.2 Å². The van der Waals surface area contributed by atoms with Gasteiger partial charge in [0, 0.05) is 6.07 Å². The second-order valence-electron chi connectivity index (χ2n) is 6.19. The second-order valence-corrected chi connectivity index (χ2v) is 6.19. The van der Waals surface area contributed by atoms with Crippen molar-refractivity contribution in [2.75, 3.05) is 6.61 Å². The summed E-state index contributed by atoms with van der Waals surface area (Å²) < 4.78 is 10.7. The zero-order valence-corrected chi connectivity index (χ0v) is 14.6. The minimum atomic E-state index is -1.67. The largest absolute Gasteiger partial charge is 0.508 e. The van der Waals surface area contributed by atoms with Crippen molar-refractivity contribution in [1.82, 2.24) is 0 Å². The molecule has 0 saturated heterocycles. The summed E-state index contributed by atoms with van der Waals surface area (Å²) in [6.45, 7) is -0.622. The van der Waals surface area contributed by atoms with Crippen LogP contribution in [-0.4, -0.2) is 55.7 Å². The molecule has 148 valence electrons. The molecule has 3 atom stereocenters. The van der Waals surface area contributed by atoms with Crippen LogP contribution in [0, 0.1) is 0 Å². The first-order valence-corrected chi connectivity index (χ1v) is 8.41. The van der Waals surface area contributed by atoms with Gasteiger partial charge in [0.15, 0.2) is 17.6 Å². The highest BCUT2D eigenvalue weighted by Crippen LogP contribution is 2.29. The molecule has 0 fully saturated rings. The van der Waals surface area contributed by atoms with E-state index in [1.165, 1.54) is 12.1 Å². The molecule has 2 aromatic rings. The molecule has 6 N–H and O–H groups in total. The van der Waals surface area contributed by atoms with Crippen molar-refractivity contribution >= 4 is 12.2 Å². The normalized spacial score (nSPS) is 22.6. The van der Waals surface area contributed by atoms with Crippen molar-refractivity contribution in [2.45, 2.75) is 18.5 Å². The van der Waals surface area contributed by atoms with E-state index in [1.807, 2.05) is 0 Å². The number of rotatable bonds is 5. The van der Waals surface area contributed by atoms with Crippen LogP contribution in [0.25, 0.3) is 12.2 Å². The van der Waals surface area contributed by atoms with E-state index in [2.05, 4.69) is 0 Å². The Morgan fingerprint density at radius 2 is 1.54 bits per heavy atom. The third-order valence-corrected chi connectivity index (χ3v) is 4.10. The molecule has 28 heavy (non-hydrogen) atoms. The van der Waals surface area contributed by atoms with Crippen molar-refractivity contribution < 1.29 is 40.1 Å². The molecule has 1 aliphatic rings. The van der Waals surface area contributed by atoms with Crippen LogP contribution < -0.4 is 4.74 Å². The lowest BCUT2D eigenvalue weighted by Gasteiger charge is -2.32. The highest BCUT2D eigenvalue weighted by molar-refractivity contribution is 5.71. The molecular weight excluding hydrogens is 368 g/mol. The summed E-state index contributed by atoms with van der Waals surface area (Å²) >= 11 is 0. The van der Waals surface area contributed by atoms with E-state index in [9.17, 15) is 30.6 Å². The number of phenolic OH excluding ortho intramolecular Hbond substituents is 2. The molecule has 0 aromatic heterocycles. The van der Waals surface area contributed by atoms with E-state index in [4.69, 9.17) is 9.47 Å². The van der Waals surface area contributed by atoms with Gasteiger partial charge in [0.25, 0.3) is 0 Å². The Balaban J connectivity index is 1.79. The van der Waals surface area contributed by atoms with Gasteiger partial charge in [-0.2, -0.15) is 0 Å². The lowest BCUT2D eigenvalue weighted by Crippen LogP contribution is -2.45. The van der Waals surface area contributed by atoms with Crippen molar-refractivity contribution in [2.24, 2.45) is 0 Å². The fraction of sp³-hybridized carbons (Fsp3) is 0.200. The molecule has 2 unspecified atom stereocenters. The van der Waals surface area contributed by atoms with E-state index in [1.54, 1.807) is 42.5 Å². The molecule has 2 aromatic carbocycles. The van der Waals surface area contributed by atoms with Crippen molar-refractivity contribution in [3.05, 3.63) is 65.1 Å². The van der Waals surface area contributed by atoms with Crippen LogP contribution in [0.1, 0.15) is 11.1 Å². The molecule has 0 amide bonds. The number of aliphatic hydroxyl groups is 4. The molecule has 3 rings (SSSR count). The van der Waals surface area contributed by atoms with Gasteiger partial charge in [-0.15, -0.1) is 0 Å². The maximum atomic E-state index is 10.00. The number of aromatic hydroxyl groups is 2. The van der Waals surface area contributed by atoms with E-state index in [0.717, 1.165) is 5.56 Å².